The molecule has 2 N–H and O–H groups in total. The molecular weight excluding hydrogens is 340 g/mol. The SMILES string of the molecule is CCC(NC(=O)C1(NC(=O)C(C)Br)CCCC1)C(=O)OC. The van der Waals surface area contributed by atoms with E-state index in [0.717, 1.165) is 12.8 Å². The lowest BCUT2D eigenvalue weighted by molar-refractivity contribution is -0.146. The van der Waals surface area contributed by atoms with Crippen LogP contribution in [0.3, 0.4) is 0 Å². The van der Waals surface area contributed by atoms with Gasteiger partial charge in [-0.15, -0.1) is 0 Å². The Morgan fingerprint density at radius 3 is 2.29 bits per heavy atom. The van der Waals surface area contributed by atoms with Gasteiger partial charge in [-0.3, -0.25) is 9.59 Å². The first-order chi connectivity index (χ1) is 9.86. The summed E-state index contributed by atoms with van der Waals surface area (Å²) < 4.78 is 4.67. The molecule has 0 aromatic heterocycles. The number of nitrogens with one attached hydrogen (secondary N) is 2. The third-order valence-electron chi connectivity index (χ3n) is 3.81. The van der Waals surface area contributed by atoms with Gasteiger partial charge in [0.05, 0.1) is 11.9 Å². The number of carbonyl (C=O) groups excluding carboxylic acids is 3. The molecule has 120 valence electrons. The fourth-order valence-corrected chi connectivity index (χ4v) is 2.60. The monoisotopic (exact) mass is 362 g/mol. The third-order valence-corrected chi connectivity index (χ3v) is 4.23. The summed E-state index contributed by atoms with van der Waals surface area (Å²) in [5, 5.41) is 5.53. The van der Waals surface area contributed by atoms with E-state index in [4.69, 9.17) is 0 Å². The van der Waals surface area contributed by atoms with Crippen LogP contribution >= 0.6 is 15.9 Å². The van der Waals surface area contributed by atoms with Crippen LogP contribution in [0.1, 0.15) is 46.0 Å². The molecule has 0 aromatic rings. The predicted molar refractivity (Wildman–Crippen MR) is 82.0 cm³/mol. The molecule has 0 aliphatic heterocycles. The minimum atomic E-state index is -0.916. The molecule has 2 atom stereocenters. The Hall–Kier alpha value is -1.11. The van der Waals surface area contributed by atoms with Crippen LogP contribution in [0.5, 0.6) is 0 Å². The molecule has 1 rings (SSSR count). The molecule has 1 aliphatic carbocycles. The fourth-order valence-electron chi connectivity index (χ4n) is 2.49. The summed E-state index contributed by atoms with van der Waals surface area (Å²) in [6.07, 6.45) is 3.36. The average Bonchev–Trinajstić information content (AvgIpc) is 2.93. The number of methoxy groups -OCH3 is 1. The van der Waals surface area contributed by atoms with Crippen molar-refractivity contribution < 1.29 is 19.1 Å². The molecule has 1 saturated carbocycles. The Balaban J connectivity index is 2.82. The molecule has 0 aromatic carbocycles. The minimum Gasteiger partial charge on any atom is -0.467 e. The number of amides is 2. The van der Waals surface area contributed by atoms with Gasteiger partial charge in [0.15, 0.2) is 0 Å². The molecule has 1 fully saturated rings. The molecular formula is C14H23BrN2O4. The van der Waals surface area contributed by atoms with Crippen LogP contribution in [0, 0.1) is 0 Å². The molecule has 1 aliphatic rings. The maximum atomic E-state index is 12.6. The van der Waals surface area contributed by atoms with Crippen molar-refractivity contribution in [2.24, 2.45) is 0 Å². The van der Waals surface area contributed by atoms with E-state index in [1.54, 1.807) is 13.8 Å². The number of ether oxygens (including phenoxy) is 1. The highest BCUT2D eigenvalue weighted by Crippen LogP contribution is 2.30. The van der Waals surface area contributed by atoms with Gasteiger partial charge < -0.3 is 15.4 Å². The average molecular weight is 363 g/mol. The van der Waals surface area contributed by atoms with E-state index in [9.17, 15) is 14.4 Å². The maximum absolute atomic E-state index is 12.6. The second-order valence-corrected chi connectivity index (χ2v) is 6.73. The van der Waals surface area contributed by atoms with Gasteiger partial charge in [0.25, 0.3) is 0 Å². The van der Waals surface area contributed by atoms with E-state index >= 15 is 0 Å². The highest BCUT2D eigenvalue weighted by molar-refractivity contribution is 9.10. The summed E-state index contributed by atoms with van der Waals surface area (Å²) in [4.78, 5) is 35.7. The van der Waals surface area contributed by atoms with Crippen molar-refractivity contribution in [3.63, 3.8) is 0 Å². The Kier molecular flexibility index (Phi) is 6.64. The van der Waals surface area contributed by atoms with Crippen LogP contribution in [0.2, 0.25) is 0 Å². The van der Waals surface area contributed by atoms with Crippen LogP contribution < -0.4 is 10.6 Å². The number of alkyl halides is 1. The summed E-state index contributed by atoms with van der Waals surface area (Å²) in [6, 6.07) is -0.682. The molecule has 2 amide bonds. The van der Waals surface area contributed by atoms with Gasteiger partial charge in [0.2, 0.25) is 11.8 Å². The van der Waals surface area contributed by atoms with Crippen LogP contribution in [0.25, 0.3) is 0 Å². The van der Waals surface area contributed by atoms with Crippen molar-refractivity contribution in [1.82, 2.24) is 10.6 Å². The summed E-state index contributed by atoms with van der Waals surface area (Å²) in [7, 11) is 1.29. The largest absolute Gasteiger partial charge is 0.467 e. The van der Waals surface area contributed by atoms with E-state index in [1.807, 2.05) is 0 Å². The second-order valence-electron chi connectivity index (χ2n) is 5.35. The highest BCUT2D eigenvalue weighted by atomic mass is 79.9. The Morgan fingerprint density at radius 2 is 1.86 bits per heavy atom. The lowest BCUT2D eigenvalue weighted by Gasteiger charge is -2.31. The first-order valence-corrected chi connectivity index (χ1v) is 8.12. The lowest BCUT2D eigenvalue weighted by Crippen LogP contribution is -2.60. The van der Waals surface area contributed by atoms with Gasteiger partial charge in [0.1, 0.15) is 11.6 Å². The minimum absolute atomic E-state index is 0.224. The molecule has 0 heterocycles. The highest BCUT2D eigenvalue weighted by Gasteiger charge is 2.43. The molecule has 7 heteroatoms. The summed E-state index contributed by atoms with van der Waals surface area (Å²) in [6.45, 7) is 3.50. The normalized spacial score (nSPS) is 19.4. The van der Waals surface area contributed by atoms with Gasteiger partial charge in [-0.2, -0.15) is 0 Å². The quantitative estimate of drug-likeness (QED) is 0.550. The van der Waals surface area contributed by atoms with Crippen molar-refractivity contribution in [2.45, 2.75) is 62.4 Å². The van der Waals surface area contributed by atoms with Crippen LogP contribution in [-0.2, 0) is 19.1 Å². The predicted octanol–water partition coefficient (Wildman–Crippen LogP) is 1.27. The van der Waals surface area contributed by atoms with Crippen molar-refractivity contribution in [2.75, 3.05) is 7.11 Å². The van der Waals surface area contributed by atoms with Crippen molar-refractivity contribution in [3.05, 3.63) is 0 Å². The molecule has 0 bridgehead atoms. The van der Waals surface area contributed by atoms with Gasteiger partial charge in [-0.05, 0) is 26.2 Å². The first-order valence-electron chi connectivity index (χ1n) is 7.21. The Bertz CT molecular complexity index is 406. The van der Waals surface area contributed by atoms with Gasteiger partial charge >= 0.3 is 5.97 Å². The van der Waals surface area contributed by atoms with E-state index in [2.05, 4.69) is 31.3 Å². The first kappa shape index (κ1) is 17.9. The maximum Gasteiger partial charge on any atom is 0.328 e. The summed E-state index contributed by atoms with van der Waals surface area (Å²) in [5.74, 6) is -1.00. The Morgan fingerprint density at radius 1 is 1.29 bits per heavy atom. The van der Waals surface area contributed by atoms with Crippen molar-refractivity contribution >= 4 is 33.7 Å². The summed E-state index contributed by atoms with van der Waals surface area (Å²) in [5.41, 5.74) is -0.916. The molecule has 21 heavy (non-hydrogen) atoms. The zero-order valence-corrected chi connectivity index (χ0v) is 14.3. The van der Waals surface area contributed by atoms with E-state index in [-0.39, 0.29) is 16.6 Å². The van der Waals surface area contributed by atoms with Crippen LogP contribution in [-0.4, -0.2) is 41.3 Å². The van der Waals surface area contributed by atoms with Crippen molar-refractivity contribution in [3.8, 4) is 0 Å². The molecule has 6 nitrogen and oxygen atoms in total. The molecule has 0 spiro atoms. The van der Waals surface area contributed by atoms with Gasteiger partial charge in [-0.25, -0.2) is 4.79 Å². The van der Waals surface area contributed by atoms with E-state index < -0.39 is 17.6 Å². The third kappa shape index (κ3) is 4.43. The van der Waals surface area contributed by atoms with E-state index in [1.165, 1.54) is 7.11 Å². The van der Waals surface area contributed by atoms with Crippen molar-refractivity contribution in [1.29, 1.82) is 0 Å². The zero-order valence-electron chi connectivity index (χ0n) is 12.7. The fraction of sp³-hybridized carbons (Fsp3) is 0.786. The van der Waals surface area contributed by atoms with Gasteiger partial charge in [-0.1, -0.05) is 35.7 Å². The van der Waals surface area contributed by atoms with Crippen LogP contribution in [0.4, 0.5) is 0 Å². The number of rotatable bonds is 6. The molecule has 2 unspecified atom stereocenters. The molecule has 0 saturated heterocycles. The number of hydrogen-bond donors (Lipinski definition) is 2. The lowest BCUT2D eigenvalue weighted by atomic mass is 9.95. The second kappa shape index (κ2) is 7.77. The number of carbonyl (C=O) groups is 3. The topological polar surface area (TPSA) is 84.5 Å². The summed E-state index contributed by atoms with van der Waals surface area (Å²) >= 11 is 3.20. The van der Waals surface area contributed by atoms with Crippen LogP contribution in [0.15, 0.2) is 0 Å². The Labute approximate surface area is 133 Å². The number of esters is 1. The van der Waals surface area contributed by atoms with E-state index in [0.29, 0.717) is 19.3 Å². The zero-order chi connectivity index (χ0) is 16.0. The number of hydrogen-bond acceptors (Lipinski definition) is 4. The smallest absolute Gasteiger partial charge is 0.328 e. The number of halogens is 1. The molecule has 0 radical (unpaired) electrons. The standard InChI is InChI=1S/C14H23BrN2O4/c1-4-10(12(19)21-3)16-13(20)14(7-5-6-8-14)17-11(18)9(2)15/h9-10H,4-8H2,1-3H3,(H,16,20)(H,17,18). The van der Waals surface area contributed by atoms with Gasteiger partial charge in [0, 0.05) is 0 Å².